The molecule has 3 aromatic rings. The third kappa shape index (κ3) is 4.49. The molecule has 0 saturated carbocycles. The maximum atomic E-state index is 13.3. The number of likely N-dealkylation sites (tertiary alicyclic amines) is 1. The van der Waals surface area contributed by atoms with Gasteiger partial charge in [0.25, 0.3) is 11.7 Å². The Labute approximate surface area is 208 Å². The third-order valence-electron chi connectivity index (χ3n) is 6.08. The van der Waals surface area contributed by atoms with Gasteiger partial charge in [0.05, 0.1) is 18.2 Å². The fourth-order valence-electron chi connectivity index (χ4n) is 4.42. The minimum atomic E-state index is -0.816. The molecule has 1 saturated heterocycles. The number of carbonyl (C=O) groups is 2. The third-order valence-corrected chi connectivity index (χ3v) is 6.08. The molecule has 5 rings (SSSR count). The molecule has 1 fully saturated rings. The molecule has 2 aliphatic heterocycles. The fourth-order valence-corrected chi connectivity index (χ4v) is 4.42. The molecule has 2 aliphatic rings. The summed E-state index contributed by atoms with van der Waals surface area (Å²) in [7, 11) is 0. The molecule has 1 N–H and O–H groups in total. The number of hydrogen-bond acceptors (Lipinski definition) is 7. The zero-order valence-corrected chi connectivity index (χ0v) is 19.8. The largest absolute Gasteiger partial charge is 0.507 e. The molecule has 0 spiro atoms. The first-order valence-electron chi connectivity index (χ1n) is 11.9. The van der Waals surface area contributed by atoms with E-state index in [2.05, 4.69) is 4.98 Å². The van der Waals surface area contributed by atoms with Crippen LogP contribution in [-0.2, 0) is 16.1 Å². The van der Waals surface area contributed by atoms with Gasteiger partial charge in [0.15, 0.2) is 11.5 Å². The van der Waals surface area contributed by atoms with Crippen LogP contribution in [0.5, 0.6) is 17.2 Å². The first kappa shape index (κ1) is 23.4. The number of aliphatic hydroxyl groups is 1. The molecule has 8 heteroatoms. The number of carbonyl (C=O) groups excluding carboxylic acids is 2. The van der Waals surface area contributed by atoms with Gasteiger partial charge in [0, 0.05) is 24.5 Å². The molecule has 1 aromatic heterocycles. The molecule has 8 nitrogen and oxygen atoms in total. The molecule has 0 radical (unpaired) electrons. The van der Waals surface area contributed by atoms with Crippen LogP contribution >= 0.6 is 0 Å². The molecule has 1 amide bonds. The maximum Gasteiger partial charge on any atom is 0.295 e. The Morgan fingerprint density at radius 1 is 1.08 bits per heavy atom. The molecule has 0 bridgehead atoms. The van der Waals surface area contributed by atoms with Crippen molar-refractivity contribution in [3.8, 4) is 17.2 Å². The number of aliphatic hydroxyl groups excluding tert-OH is 1. The van der Waals surface area contributed by atoms with E-state index in [1.807, 2.05) is 31.2 Å². The van der Waals surface area contributed by atoms with Crippen LogP contribution < -0.4 is 14.2 Å². The highest BCUT2D eigenvalue weighted by Gasteiger charge is 2.46. The van der Waals surface area contributed by atoms with Gasteiger partial charge in [-0.15, -0.1) is 0 Å². The van der Waals surface area contributed by atoms with Crippen molar-refractivity contribution < 1.29 is 28.9 Å². The van der Waals surface area contributed by atoms with E-state index in [0.717, 1.165) is 12.0 Å². The van der Waals surface area contributed by atoms with Crippen molar-refractivity contribution >= 4 is 17.4 Å². The number of fused-ring (bicyclic) bond motifs is 1. The normalized spacial score (nSPS) is 18.4. The Hall–Kier alpha value is -4.33. The highest BCUT2D eigenvalue weighted by molar-refractivity contribution is 6.46. The van der Waals surface area contributed by atoms with E-state index in [4.69, 9.17) is 14.2 Å². The van der Waals surface area contributed by atoms with Crippen LogP contribution in [0.4, 0.5) is 0 Å². The van der Waals surface area contributed by atoms with Crippen molar-refractivity contribution in [3.05, 3.63) is 89.3 Å². The highest BCUT2D eigenvalue weighted by atomic mass is 16.6. The van der Waals surface area contributed by atoms with Gasteiger partial charge >= 0.3 is 0 Å². The summed E-state index contributed by atoms with van der Waals surface area (Å²) >= 11 is 0. The minimum Gasteiger partial charge on any atom is -0.507 e. The monoisotopic (exact) mass is 486 g/mol. The summed E-state index contributed by atoms with van der Waals surface area (Å²) in [5, 5.41) is 11.4. The van der Waals surface area contributed by atoms with E-state index < -0.39 is 17.7 Å². The van der Waals surface area contributed by atoms with Gasteiger partial charge in [-0.25, -0.2) is 0 Å². The molecule has 0 unspecified atom stereocenters. The smallest absolute Gasteiger partial charge is 0.295 e. The number of benzene rings is 2. The summed E-state index contributed by atoms with van der Waals surface area (Å²) in [5.74, 6) is -0.0583. The number of hydrogen-bond donors (Lipinski definition) is 1. The number of pyridine rings is 1. The maximum absolute atomic E-state index is 13.3. The van der Waals surface area contributed by atoms with Crippen LogP contribution in [0, 0.1) is 0 Å². The second kappa shape index (κ2) is 10.1. The first-order valence-corrected chi connectivity index (χ1v) is 11.9. The Bertz CT molecular complexity index is 1320. The predicted octanol–water partition coefficient (Wildman–Crippen LogP) is 4.26. The zero-order chi connectivity index (χ0) is 25.1. The van der Waals surface area contributed by atoms with Crippen LogP contribution in [0.25, 0.3) is 5.76 Å². The Balaban J connectivity index is 1.62. The number of Topliss-reactive ketones (excluding diaryl/α,β-unsaturated/α-hetero) is 1. The second-order valence-corrected chi connectivity index (χ2v) is 8.57. The molecule has 3 heterocycles. The van der Waals surface area contributed by atoms with E-state index in [1.165, 1.54) is 4.90 Å². The number of aromatic nitrogens is 1. The van der Waals surface area contributed by atoms with Gasteiger partial charge in [-0.3, -0.25) is 14.6 Å². The molecular formula is C28H26N2O6. The molecule has 184 valence electrons. The molecule has 2 aromatic carbocycles. The van der Waals surface area contributed by atoms with E-state index in [0.29, 0.717) is 48.2 Å². The topological polar surface area (TPSA) is 98.2 Å². The number of amides is 1. The van der Waals surface area contributed by atoms with Gasteiger partial charge in [-0.1, -0.05) is 25.1 Å². The Morgan fingerprint density at radius 2 is 1.92 bits per heavy atom. The average molecular weight is 487 g/mol. The standard InChI is InChI=1S/C28H26N2O6/c1-2-11-34-21-7-3-6-19(14-21)25-24(26(31)20-8-9-22-23(15-20)36-13-12-35-22)27(32)28(33)30(25)17-18-5-4-10-29-16-18/h3-10,14-16,25,31H,2,11-13,17H2,1H3/t25-/m1/s1. The number of nitrogens with zero attached hydrogens (tertiary/aromatic N) is 2. The molecular weight excluding hydrogens is 460 g/mol. The van der Waals surface area contributed by atoms with Crippen molar-refractivity contribution in [3.63, 3.8) is 0 Å². The summed E-state index contributed by atoms with van der Waals surface area (Å²) in [6, 6.07) is 15.0. The van der Waals surface area contributed by atoms with Gasteiger partial charge in [-0.05, 0) is 53.9 Å². The van der Waals surface area contributed by atoms with E-state index in [-0.39, 0.29) is 17.9 Å². The van der Waals surface area contributed by atoms with Crippen molar-refractivity contribution in [1.82, 2.24) is 9.88 Å². The Kier molecular flexibility index (Phi) is 6.58. The summed E-state index contributed by atoms with van der Waals surface area (Å²) in [5.41, 5.74) is 1.79. The van der Waals surface area contributed by atoms with Crippen LogP contribution in [0.2, 0.25) is 0 Å². The lowest BCUT2D eigenvalue weighted by molar-refractivity contribution is -0.140. The average Bonchev–Trinajstić information content (AvgIpc) is 3.17. The van der Waals surface area contributed by atoms with Gasteiger partial charge < -0.3 is 24.2 Å². The van der Waals surface area contributed by atoms with Gasteiger partial charge in [0.1, 0.15) is 24.7 Å². The zero-order valence-electron chi connectivity index (χ0n) is 19.8. The summed E-state index contributed by atoms with van der Waals surface area (Å²) in [6.45, 7) is 3.53. The SMILES string of the molecule is CCCOc1cccc([C@@H]2C(=C(O)c3ccc4c(c3)OCCO4)C(=O)C(=O)N2Cc2cccnc2)c1. The molecule has 1 atom stereocenters. The van der Waals surface area contributed by atoms with Crippen molar-refractivity contribution in [2.45, 2.75) is 25.9 Å². The van der Waals surface area contributed by atoms with Crippen LogP contribution in [0.15, 0.2) is 72.6 Å². The lowest BCUT2D eigenvalue weighted by Gasteiger charge is -2.26. The van der Waals surface area contributed by atoms with E-state index >= 15 is 0 Å². The second-order valence-electron chi connectivity index (χ2n) is 8.57. The van der Waals surface area contributed by atoms with Crippen molar-refractivity contribution in [2.24, 2.45) is 0 Å². The van der Waals surface area contributed by atoms with E-state index in [9.17, 15) is 14.7 Å². The summed E-state index contributed by atoms with van der Waals surface area (Å²) < 4.78 is 17.0. The van der Waals surface area contributed by atoms with Crippen LogP contribution in [0.1, 0.15) is 36.1 Å². The quantitative estimate of drug-likeness (QED) is 0.303. The van der Waals surface area contributed by atoms with Crippen molar-refractivity contribution in [2.75, 3.05) is 19.8 Å². The van der Waals surface area contributed by atoms with Gasteiger partial charge in [-0.2, -0.15) is 0 Å². The van der Waals surface area contributed by atoms with E-state index in [1.54, 1.807) is 42.7 Å². The van der Waals surface area contributed by atoms with Crippen molar-refractivity contribution in [1.29, 1.82) is 0 Å². The summed E-state index contributed by atoms with van der Waals surface area (Å²) in [4.78, 5) is 32.2. The van der Waals surface area contributed by atoms with Gasteiger partial charge in [0.2, 0.25) is 0 Å². The fraction of sp³-hybridized carbons (Fsp3) is 0.250. The highest BCUT2D eigenvalue weighted by Crippen LogP contribution is 2.42. The van der Waals surface area contributed by atoms with Crippen LogP contribution in [-0.4, -0.2) is 46.5 Å². The number of rotatable bonds is 7. The molecule has 36 heavy (non-hydrogen) atoms. The first-order chi connectivity index (χ1) is 17.6. The lowest BCUT2D eigenvalue weighted by atomic mass is 9.95. The lowest BCUT2D eigenvalue weighted by Crippen LogP contribution is -2.29. The molecule has 0 aliphatic carbocycles. The minimum absolute atomic E-state index is 0.00760. The predicted molar refractivity (Wildman–Crippen MR) is 132 cm³/mol. The number of ether oxygens (including phenoxy) is 3. The number of ketones is 1. The Morgan fingerprint density at radius 3 is 2.69 bits per heavy atom. The van der Waals surface area contributed by atoms with Crippen LogP contribution in [0.3, 0.4) is 0 Å². The summed E-state index contributed by atoms with van der Waals surface area (Å²) in [6.07, 6.45) is 4.14.